The van der Waals surface area contributed by atoms with Crippen molar-refractivity contribution in [3.63, 3.8) is 0 Å². The molecule has 2 aliphatic rings. The molecule has 1 unspecified atom stereocenters. The molecule has 2 aromatic rings. The fraction of sp³-hybridized carbons (Fsp3) is 0.417. The van der Waals surface area contributed by atoms with Gasteiger partial charge in [-0.05, 0) is 49.4 Å². The summed E-state index contributed by atoms with van der Waals surface area (Å²) in [5.74, 6) is 0.531. The molecule has 0 aliphatic heterocycles. The number of nitrogens with two attached hydrogens (primary N) is 1. The van der Waals surface area contributed by atoms with Crippen molar-refractivity contribution < 1.29 is 9.59 Å². The molecule has 2 saturated carbocycles. The van der Waals surface area contributed by atoms with E-state index in [0.717, 1.165) is 32.0 Å². The molecule has 1 atom stereocenters. The van der Waals surface area contributed by atoms with Crippen LogP contribution in [0.3, 0.4) is 0 Å². The molecule has 0 spiro atoms. The quantitative estimate of drug-likeness (QED) is 0.377. The smallest absolute Gasteiger partial charge is 0.252 e. The Morgan fingerprint density at radius 1 is 1.19 bits per heavy atom. The SMILES string of the molecule is N=Cn1ccc(=Nc2cccc(C(=O)NC(CC3CCCC3)C(=O)NC3CC3)c2)cc1N. The minimum atomic E-state index is -0.516. The molecule has 0 bridgehead atoms. The van der Waals surface area contributed by atoms with Gasteiger partial charge in [-0.1, -0.05) is 31.7 Å². The molecule has 2 fully saturated rings. The third kappa shape index (κ3) is 5.63. The summed E-state index contributed by atoms with van der Waals surface area (Å²) in [6, 6.07) is 10.2. The average molecular weight is 435 g/mol. The summed E-state index contributed by atoms with van der Waals surface area (Å²) >= 11 is 0. The van der Waals surface area contributed by atoms with Crippen molar-refractivity contribution in [1.82, 2.24) is 15.2 Å². The number of carbonyl (C=O) groups excluding carboxylic acids is 2. The number of anilines is 1. The number of carbonyl (C=O) groups is 2. The van der Waals surface area contributed by atoms with Gasteiger partial charge in [0.2, 0.25) is 5.91 Å². The maximum Gasteiger partial charge on any atom is 0.252 e. The van der Waals surface area contributed by atoms with Gasteiger partial charge in [-0.25, -0.2) is 4.99 Å². The first-order valence-corrected chi connectivity index (χ1v) is 11.3. The normalized spacial score (nSPS) is 17.7. The summed E-state index contributed by atoms with van der Waals surface area (Å²) in [4.78, 5) is 30.3. The highest BCUT2D eigenvalue weighted by atomic mass is 16.2. The highest BCUT2D eigenvalue weighted by molar-refractivity contribution is 5.98. The number of nitrogen functional groups attached to an aromatic ring is 1. The van der Waals surface area contributed by atoms with Crippen LogP contribution in [0.4, 0.5) is 11.5 Å². The Morgan fingerprint density at radius 3 is 2.66 bits per heavy atom. The monoisotopic (exact) mass is 434 g/mol. The molecule has 1 heterocycles. The van der Waals surface area contributed by atoms with E-state index in [1.807, 2.05) is 0 Å². The zero-order valence-corrected chi connectivity index (χ0v) is 18.1. The van der Waals surface area contributed by atoms with Crippen LogP contribution >= 0.6 is 0 Å². The molecule has 32 heavy (non-hydrogen) atoms. The van der Waals surface area contributed by atoms with Gasteiger partial charge in [-0.2, -0.15) is 0 Å². The summed E-state index contributed by atoms with van der Waals surface area (Å²) in [5.41, 5.74) is 6.97. The lowest BCUT2D eigenvalue weighted by Crippen LogP contribution is -2.48. The maximum absolute atomic E-state index is 13.0. The van der Waals surface area contributed by atoms with E-state index in [-0.39, 0.29) is 17.9 Å². The first kappa shape index (κ1) is 21.8. The molecular formula is C24H30N6O2. The van der Waals surface area contributed by atoms with E-state index < -0.39 is 6.04 Å². The second-order valence-electron chi connectivity index (χ2n) is 8.70. The van der Waals surface area contributed by atoms with E-state index >= 15 is 0 Å². The van der Waals surface area contributed by atoms with E-state index in [1.54, 1.807) is 42.6 Å². The zero-order valence-electron chi connectivity index (χ0n) is 18.1. The Labute approximate surface area is 187 Å². The highest BCUT2D eigenvalue weighted by Gasteiger charge is 2.31. The summed E-state index contributed by atoms with van der Waals surface area (Å²) in [6.07, 6.45) is 10.1. The summed E-state index contributed by atoms with van der Waals surface area (Å²) in [7, 11) is 0. The number of benzene rings is 1. The Hall–Kier alpha value is -3.42. The van der Waals surface area contributed by atoms with E-state index in [4.69, 9.17) is 11.1 Å². The first-order valence-electron chi connectivity index (χ1n) is 11.3. The van der Waals surface area contributed by atoms with Crippen molar-refractivity contribution in [2.75, 3.05) is 5.73 Å². The van der Waals surface area contributed by atoms with Crippen LogP contribution in [-0.2, 0) is 4.79 Å². The van der Waals surface area contributed by atoms with Crippen LogP contribution in [0.25, 0.3) is 0 Å². The lowest BCUT2D eigenvalue weighted by molar-refractivity contribution is -0.123. The van der Waals surface area contributed by atoms with Gasteiger partial charge in [-0.15, -0.1) is 0 Å². The summed E-state index contributed by atoms with van der Waals surface area (Å²) in [5, 5.41) is 13.9. The second kappa shape index (κ2) is 9.80. The molecule has 1 aromatic carbocycles. The van der Waals surface area contributed by atoms with Crippen LogP contribution < -0.4 is 21.7 Å². The van der Waals surface area contributed by atoms with Gasteiger partial charge in [-0.3, -0.25) is 19.6 Å². The number of amides is 2. The predicted molar refractivity (Wildman–Crippen MR) is 124 cm³/mol. The molecule has 0 saturated heterocycles. The van der Waals surface area contributed by atoms with Gasteiger partial charge in [0.25, 0.3) is 5.91 Å². The maximum atomic E-state index is 13.0. The van der Waals surface area contributed by atoms with Gasteiger partial charge in [0, 0.05) is 23.9 Å². The third-order valence-corrected chi connectivity index (χ3v) is 6.09. The van der Waals surface area contributed by atoms with Crippen molar-refractivity contribution in [3.05, 3.63) is 53.5 Å². The van der Waals surface area contributed by atoms with Gasteiger partial charge < -0.3 is 16.4 Å². The van der Waals surface area contributed by atoms with Crippen LogP contribution in [-0.4, -0.2) is 34.8 Å². The van der Waals surface area contributed by atoms with Gasteiger partial charge in [0.1, 0.15) is 11.9 Å². The number of rotatable bonds is 8. The molecule has 8 heteroatoms. The summed E-state index contributed by atoms with van der Waals surface area (Å²) in [6.45, 7) is 0. The lowest BCUT2D eigenvalue weighted by Gasteiger charge is -2.21. The molecule has 5 N–H and O–H groups in total. The Balaban J connectivity index is 1.49. The topological polar surface area (TPSA) is 125 Å². The van der Waals surface area contributed by atoms with Crippen molar-refractivity contribution in [3.8, 4) is 0 Å². The van der Waals surface area contributed by atoms with E-state index in [0.29, 0.717) is 34.8 Å². The van der Waals surface area contributed by atoms with Crippen LogP contribution in [0.2, 0.25) is 0 Å². The molecule has 4 rings (SSSR count). The third-order valence-electron chi connectivity index (χ3n) is 6.09. The largest absolute Gasteiger partial charge is 0.385 e. The Morgan fingerprint density at radius 2 is 1.97 bits per heavy atom. The molecule has 168 valence electrons. The van der Waals surface area contributed by atoms with Crippen LogP contribution in [0.15, 0.2) is 47.6 Å². The van der Waals surface area contributed by atoms with E-state index in [2.05, 4.69) is 15.6 Å². The molecule has 0 radical (unpaired) electrons. The van der Waals surface area contributed by atoms with Gasteiger partial charge >= 0.3 is 0 Å². The summed E-state index contributed by atoms with van der Waals surface area (Å²) < 4.78 is 1.47. The fourth-order valence-electron chi connectivity index (χ4n) is 4.15. The van der Waals surface area contributed by atoms with Crippen LogP contribution in [0.1, 0.15) is 55.3 Å². The van der Waals surface area contributed by atoms with E-state index in [9.17, 15) is 9.59 Å². The standard InChI is InChI=1S/C24H30N6O2/c25-15-30-11-10-20(14-22(30)26)27-19-7-3-6-17(13-19)23(31)29-21(12-16-4-1-2-5-16)24(32)28-18-8-9-18/h3,6-7,10-11,13-16,18,21,25H,1-2,4-5,8-9,12,26H2,(H,28,32)(H,29,31). The molecule has 2 aliphatic carbocycles. The molecular weight excluding hydrogens is 404 g/mol. The van der Waals surface area contributed by atoms with Gasteiger partial charge in [0.05, 0.1) is 17.4 Å². The average Bonchev–Trinajstić information content (AvgIpc) is 3.45. The highest BCUT2D eigenvalue weighted by Crippen LogP contribution is 2.29. The van der Waals surface area contributed by atoms with Crippen molar-refractivity contribution in [1.29, 1.82) is 5.41 Å². The van der Waals surface area contributed by atoms with Crippen molar-refractivity contribution >= 4 is 29.7 Å². The van der Waals surface area contributed by atoms with E-state index in [1.165, 1.54) is 17.4 Å². The van der Waals surface area contributed by atoms with Gasteiger partial charge in [0.15, 0.2) is 0 Å². The number of hydrogen-bond acceptors (Lipinski definition) is 5. The Kier molecular flexibility index (Phi) is 6.68. The first-order chi connectivity index (χ1) is 15.5. The minimum absolute atomic E-state index is 0.0761. The zero-order chi connectivity index (χ0) is 22.5. The second-order valence-corrected chi connectivity index (χ2v) is 8.70. The minimum Gasteiger partial charge on any atom is -0.385 e. The lowest BCUT2D eigenvalue weighted by atomic mass is 9.97. The number of nitrogens with zero attached hydrogens (tertiary/aromatic N) is 2. The molecule has 8 nitrogen and oxygen atoms in total. The molecule has 1 aromatic heterocycles. The number of nitrogens with one attached hydrogen (secondary N) is 3. The van der Waals surface area contributed by atoms with Crippen LogP contribution in [0, 0.1) is 11.3 Å². The number of pyridine rings is 1. The predicted octanol–water partition coefficient (Wildman–Crippen LogP) is 2.72. The number of aromatic nitrogens is 1. The van der Waals surface area contributed by atoms with Crippen molar-refractivity contribution in [2.24, 2.45) is 10.9 Å². The van der Waals surface area contributed by atoms with Crippen LogP contribution in [0.5, 0.6) is 0 Å². The Bertz CT molecular complexity index is 1070. The number of hydrogen-bond donors (Lipinski definition) is 4. The molecule has 2 amide bonds. The fourth-order valence-corrected chi connectivity index (χ4v) is 4.15. The van der Waals surface area contributed by atoms with Crippen molar-refractivity contribution in [2.45, 2.75) is 57.0 Å².